The highest BCUT2D eigenvalue weighted by molar-refractivity contribution is 7.20. The van der Waals surface area contributed by atoms with Gasteiger partial charge in [0.2, 0.25) is 0 Å². The number of aromatic nitrogens is 2. The smallest absolute Gasteiger partial charge is 0.265 e. The summed E-state index contributed by atoms with van der Waals surface area (Å²) in [5, 5.41) is 8.86. The van der Waals surface area contributed by atoms with Crippen molar-refractivity contribution in [3.63, 3.8) is 0 Å². The van der Waals surface area contributed by atoms with Crippen LogP contribution in [-0.4, -0.2) is 53.3 Å². The van der Waals surface area contributed by atoms with Crippen molar-refractivity contribution in [2.24, 2.45) is 0 Å². The minimum Gasteiger partial charge on any atom is -0.367 e. The van der Waals surface area contributed by atoms with Gasteiger partial charge in [-0.2, -0.15) is 5.10 Å². The van der Waals surface area contributed by atoms with E-state index in [1.165, 1.54) is 11.3 Å². The number of thiophene rings is 1. The first-order chi connectivity index (χ1) is 15.6. The van der Waals surface area contributed by atoms with Gasteiger partial charge in [-0.05, 0) is 43.8 Å². The SMILES string of the molecule is CCN1CCN(c2ccccc2NC(=O)c2cc3c(C)nn(-c4ccccc4)c3s2)CC1. The molecule has 164 valence electrons. The maximum Gasteiger partial charge on any atom is 0.265 e. The number of fused-ring (bicyclic) bond motifs is 1. The van der Waals surface area contributed by atoms with Crippen LogP contribution in [0.4, 0.5) is 11.4 Å². The molecule has 7 heteroatoms. The Kier molecular flexibility index (Phi) is 5.68. The predicted molar refractivity (Wildman–Crippen MR) is 132 cm³/mol. The Balaban J connectivity index is 1.41. The van der Waals surface area contributed by atoms with E-state index in [1.807, 2.05) is 66.2 Å². The van der Waals surface area contributed by atoms with Crippen LogP contribution in [0, 0.1) is 6.92 Å². The molecule has 4 aromatic rings. The van der Waals surface area contributed by atoms with E-state index in [-0.39, 0.29) is 5.91 Å². The van der Waals surface area contributed by atoms with Gasteiger partial charge in [0.05, 0.1) is 27.6 Å². The molecule has 2 aromatic carbocycles. The molecule has 1 N–H and O–H groups in total. The first-order valence-electron chi connectivity index (χ1n) is 11.1. The number of benzene rings is 2. The van der Waals surface area contributed by atoms with Gasteiger partial charge in [-0.1, -0.05) is 37.3 Å². The summed E-state index contributed by atoms with van der Waals surface area (Å²) in [5.74, 6) is -0.0788. The zero-order valence-corrected chi connectivity index (χ0v) is 19.2. The number of nitrogens with one attached hydrogen (secondary N) is 1. The van der Waals surface area contributed by atoms with E-state index < -0.39 is 0 Å². The van der Waals surface area contributed by atoms with E-state index in [9.17, 15) is 4.79 Å². The fourth-order valence-corrected chi connectivity index (χ4v) is 5.33. The zero-order valence-electron chi connectivity index (χ0n) is 18.4. The minimum atomic E-state index is -0.0788. The lowest BCUT2D eigenvalue weighted by atomic mass is 10.2. The molecule has 0 atom stereocenters. The number of aryl methyl sites for hydroxylation is 1. The van der Waals surface area contributed by atoms with Crippen molar-refractivity contribution >= 4 is 38.8 Å². The van der Waals surface area contributed by atoms with Crippen LogP contribution in [0.15, 0.2) is 60.7 Å². The molecule has 1 aliphatic heterocycles. The Morgan fingerprint density at radius 3 is 2.50 bits per heavy atom. The maximum atomic E-state index is 13.2. The summed E-state index contributed by atoms with van der Waals surface area (Å²) < 4.78 is 1.92. The molecule has 1 fully saturated rings. The van der Waals surface area contributed by atoms with Crippen LogP contribution in [-0.2, 0) is 0 Å². The zero-order chi connectivity index (χ0) is 22.1. The van der Waals surface area contributed by atoms with Crippen LogP contribution >= 0.6 is 11.3 Å². The summed E-state index contributed by atoms with van der Waals surface area (Å²) in [7, 11) is 0. The number of rotatable bonds is 5. The predicted octanol–water partition coefficient (Wildman–Crippen LogP) is 4.79. The van der Waals surface area contributed by atoms with Crippen LogP contribution in [0.1, 0.15) is 22.3 Å². The summed E-state index contributed by atoms with van der Waals surface area (Å²) in [6, 6.07) is 20.1. The van der Waals surface area contributed by atoms with Crippen molar-refractivity contribution in [3.8, 4) is 5.69 Å². The second-order valence-corrected chi connectivity index (χ2v) is 9.09. The largest absolute Gasteiger partial charge is 0.367 e. The molecule has 32 heavy (non-hydrogen) atoms. The topological polar surface area (TPSA) is 53.4 Å². The average Bonchev–Trinajstić information content (AvgIpc) is 3.41. The van der Waals surface area contributed by atoms with Crippen molar-refractivity contribution in [3.05, 3.63) is 71.2 Å². The minimum absolute atomic E-state index is 0.0788. The highest BCUT2D eigenvalue weighted by Gasteiger charge is 2.21. The maximum absolute atomic E-state index is 13.2. The van der Waals surface area contributed by atoms with Crippen molar-refractivity contribution in [1.29, 1.82) is 0 Å². The van der Waals surface area contributed by atoms with Gasteiger partial charge < -0.3 is 15.1 Å². The Bertz CT molecular complexity index is 1240. The molecule has 0 saturated carbocycles. The third-order valence-corrected chi connectivity index (χ3v) is 7.19. The molecule has 0 unspecified atom stereocenters. The van der Waals surface area contributed by atoms with Gasteiger partial charge >= 0.3 is 0 Å². The summed E-state index contributed by atoms with van der Waals surface area (Å²) in [5.41, 5.74) is 3.87. The van der Waals surface area contributed by atoms with E-state index in [1.54, 1.807) is 0 Å². The van der Waals surface area contributed by atoms with E-state index in [0.717, 1.165) is 65.7 Å². The Morgan fingerprint density at radius 1 is 1.03 bits per heavy atom. The summed E-state index contributed by atoms with van der Waals surface area (Å²) in [6.45, 7) is 9.30. The second-order valence-electron chi connectivity index (χ2n) is 8.05. The van der Waals surface area contributed by atoms with E-state index in [4.69, 9.17) is 0 Å². The number of amides is 1. The third-order valence-electron chi connectivity index (χ3n) is 6.08. The molecule has 2 aromatic heterocycles. The van der Waals surface area contributed by atoms with E-state index in [2.05, 4.69) is 33.2 Å². The molecule has 5 rings (SSSR count). The van der Waals surface area contributed by atoms with Crippen LogP contribution in [0.3, 0.4) is 0 Å². The van der Waals surface area contributed by atoms with Crippen molar-refractivity contribution < 1.29 is 4.79 Å². The fraction of sp³-hybridized carbons (Fsp3) is 0.280. The molecule has 3 heterocycles. The highest BCUT2D eigenvalue weighted by atomic mass is 32.1. The van der Waals surface area contributed by atoms with Crippen molar-refractivity contribution in [2.75, 3.05) is 42.9 Å². The van der Waals surface area contributed by atoms with Gasteiger partial charge in [-0.15, -0.1) is 11.3 Å². The van der Waals surface area contributed by atoms with Crippen molar-refractivity contribution in [2.45, 2.75) is 13.8 Å². The van der Waals surface area contributed by atoms with Gasteiger partial charge in [-0.25, -0.2) is 4.68 Å². The molecule has 0 radical (unpaired) electrons. The van der Waals surface area contributed by atoms with Crippen LogP contribution in [0.5, 0.6) is 0 Å². The monoisotopic (exact) mass is 445 g/mol. The molecule has 1 saturated heterocycles. The quantitative estimate of drug-likeness (QED) is 0.480. The standard InChI is InChI=1S/C25H27N5OS/c1-3-28-13-15-29(16-14-28)22-12-8-7-11-21(22)26-24(31)23-17-20-18(2)27-30(25(20)32-23)19-9-5-4-6-10-19/h4-12,17H,3,13-16H2,1-2H3,(H,26,31). The Morgan fingerprint density at radius 2 is 1.75 bits per heavy atom. The number of likely N-dealkylation sites (N-methyl/N-ethyl adjacent to an activating group) is 1. The number of nitrogens with zero attached hydrogens (tertiary/aromatic N) is 4. The molecule has 1 amide bonds. The second kappa shape index (κ2) is 8.76. The Labute approximate surface area is 192 Å². The van der Waals surface area contributed by atoms with Gasteiger partial charge in [-0.3, -0.25) is 4.79 Å². The lowest BCUT2D eigenvalue weighted by Gasteiger charge is -2.36. The summed E-state index contributed by atoms with van der Waals surface area (Å²) in [4.78, 5) is 19.7. The highest BCUT2D eigenvalue weighted by Crippen LogP contribution is 2.32. The lowest BCUT2D eigenvalue weighted by Crippen LogP contribution is -2.46. The normalized spacial score (nSPS) is 14.8. The number of hydrogen-bond donors (Lipinski definition) is 1. The van der Waals surface area contributed by atoms with E-state index >= 15 is 0 Å². The molecule has 6 nitrogen and oxygen atoms in total. The summed E-state index contributed by atoms with van der Waals surface area (Å²) in [6.07, 6.45) is 0. The van der Waals surface area contributed by atoms with Crippen LogP contribution in [0.25, 0.3) is 15.9 Å². The molecule has 0 spiro atoms. The molecule has 1 aliphatic rings. The lowest BCUT2D eigenvalue weighted by molar-refractivity contribution is 0.103. The van der Waals surface area contributed by atoms with Gasteiger partial charge in [0.1, 0.15) is 4.83 Å². The molecule has 0 bridgehead atoms. The first-order valence-corrected chi connectivity index (χ1v) is 11.9. The number of hydrogen-bond acceptors (Lipinski definition) is 5. The Hall–Kier alpha value is -3.16. The first kappa shape index (κ1) is 20.7. The number of carbonyl (C=O) groups excluding carboxylic acids is 1. The number of piperazine rings is 1. The number of carbonyl (C=O) groups is 1. The number of para-hydroxylation sites is 3. The molecular weight excluding hydrogens is 418 g/mol. The molecule has 0 aliphatic carbocycles. The van der Waals surface area contributed by atoms with E-state index in [0.29, 0.717) is 4.88 Å². The van der Waals surface area contributed by atoms with Crippen molar-refractivity contribution in [1.82, 2.24) is 14.7 Å². The number of anilines is 2. The van der Waals surface area contributed by atoms with Crippen LogP contribution in [0.2, 0.25) is 0 Å². The molecular formula is C25H27N5OS. The average molecular weight is 446 g/mol. The fourth-order valence-electron chi connectivity index (χ4n) is 4.25. The van der Waals surface area contributed by atoms with Gasteiger partial charge in [0, 0.05) is 31.6 Å². The van der Waals surface area contributed by atoms with Gasteiger partial charge in [0.15, 0.2) is 0 Å². The van der Waals surface area contributed by atoms with Crippen LogP contribution < -0.4 is 10.2 Å². The van der Waals surface area contributed by atoms with Gasteiger partial charge in [0.25, 0.3) is 5.91 Å². The summed E-state index contributed by atoms with van der Waals surface area (Å²) >= 11 is 1.48. The third kappa shape index (κ3) is 3.89.